The van der Waals surface area contributed by atoms with Crippen LogP contribution in [0.5, 0.6) is 0 Å². The highest BCUT2D eigenvalue weighted by Gasteiger charge is 2.38. The minimum absolute atomic E-state index is 0.273. The molecule has 2 atom stereocenters. The molecule has 0 aromatic rings. The summed E-state index contributed by atoms with van der Waals surface area (Å²) in [6.45, 7) is 5.28. The molecule has 0 saturated carbocycles. The Balaban J connectivity index is 1.86. The summed E-state index contributed by atoms with van der Waals surface area (Å²) in [4.78, 5) is 14.5. The number of hydrogen-bond acceptors (Lipinski definition) is 3. The van der Waals surface area contributed by atoms with E-state index in [9.17, 15) is 4.79 Å². The third-order valence-electron chi connectivity index (χ3n) is 4.17. The van der Waals surface area contributed by atoms with Crippen LogP contribution in [-0.4, -0.2) is 43.0 Å². The molecule has 2 aliphatic heterocycles. The monoisotopic (exact) mass is 237 g/mol. The molecular weight excluding hydrogens is 214 g/mol. The normalized spacial score (nSPS) is 33.4. The van der Waals surface area contributed by atoms with Gasteiger partial charge in [0.1, 0.15) is 5.78 Å². The van der Waals surface area contributed by atoms with Gasteiger partial charge in [-0.3, -0.25) is 9.69 Å². The number of ether oxygens (including phenoxy) is 1. The number of likely N-dealkylation sites (N-methyl/N-ethyl adjacent to an activating group) is 1. The molecule has 0 aromatic carbocycles. The lowest BCUT2D eigenvalue weighted by atomic mass is 9.81. The minimum Gasteiger partial charge on any atom is -0.378 e. The molecule has 0 aromatic heterocycles. The van der Waals surface area contributed by atoms with E-state index in [2.05, 4.69) is 18.5 Å². The molecule has 2 fully saturated rings. The van der Waals surface area contributed by atoms with Crippen LogP contribution < -0.4 is 0 Å². The molecular formula is C14H23NO2. The molecule has 3 heteroatoms. The van der Waals surface area contributed by atoms with Gasteiger partial charge in [-0.2, -0.15) is 0 Å². The first-order chi connectivity index (χ1) is 8.22. The number of carbonyl (C=O) groups excluding carboxylic acids is 1. The zero-order chi connectivity index (χ0) is 12.3. The molecule has 2 heterocycles. The van der Waals surface area contributed by atoms with Crippen molar-refractivity contribution >= 4 is 5.78 Å². The standard InChI is InChI=1S/C14H23NO2/c1-3-4-5-6-14(16)11-7-12-9-17-10-13(8-11)15(12)2/h3,11-13H,1,4-10H2,2H3. The molecule has 2 aliphatic rings. The lowest BCUT2D eigenvalue weighted by Gasteiger charge is -2.46. The van der Waals surface area contributed by atoms with Crippen molar-refractivity contribution in [2.24, 2.45) is 5.92 Å². The van der Waals surface area contributed by atoms with Gasteiger partial charge in [0.15, 0.2) is 0 Å². The summed E-state index contributed by atoms with van der Waals surface area (Å²) in [7, 11) is 2.16. The third kappa shape index (κ3) is 2.96. The second-order valence-electron chi connectivity index (χ2n) is 5.33. The molecule has 2 unspecified atom stereocenters. The number of nitrogens with zero attached hydrogens (tertiary/aromatic N) is 1. The fourth-order valence-corrected chi connectivity index (χ4v) is 2.98. The predicted molar refractivity (Wildman–Crippen MR) is 67.9 cm³/mol. The molecule has 0 amide bonds. The van der Waals surface area contributed by atoms with Gasteiger partial charge in [-0.25, -0.2) is 0 Å². The SMILES string of the molecule is C=CCCCC(=O)C1CC2COCC(C1)N2C. The van der Waals surface area contributed by atoms with Crippen LogP contribution in [0.3, 0.4) is 0 Å². The van der Waals surface area contributed by atoms with E-state index < -0.39 is 0 Å². The van der Waals surface area contributed by atoms with E-state index in [1.165, 1.54) is 0 Å². The number of allylic oxidation sites excluding steroid dienone is 1. The Kier molecular flexibility index (Phi) is 4.35. The van der Waals surface area contributed by atoms with Gasteiger partial charge in [0.2, 0.25) is 0 Å². The first-order valence-corrected chi connectivity index (χ1v) is 6.65. The molecule has 2 rings (SSSR count). The first kappa shape index (κ1) is 12.8. The highest BCUT2D eigenvalue weighted by Crippen LogP contribution is 2.31. The smallest absolute Gasteiger partial charge is 0.136 e. The lowest BCUT2D eigenvalue weighted by molar-refractivity contribution is -0.131. The molecule has 0 radical (unpaired) electrons. The minimum atomic E-state index is 0.273. The second kappa shape index (κ2) is 5.78. The number of hydrogen-bond donors (Lipinski definition) is 0. The van der Waals surface area contributed by atoms with Gasteiger partial charge in [-0.15, -0.1) is 6.58 Å². The molecule has 3 nitrogen and oxygen atoms in total. The summed E-state index contributed by atoms with van der Waals surface area (Å²) in [5, 5.41) is 0. The molecule has 96 valence electrons. The van der Waals surface area contributed by atoms with Crippen LogP contribution in [0, 0.1) is 5.92 Å². The number of fused-ring (bicyclic) bond motifs is 2. The third-order valence-corrected chi connectivity index (χ3v) is 4.17. The van der Waals surface area contributed by atoms with Crippen LogP contribution in [0.4, 0.5) is 0 Å². The van der Waals surface area contributed by atoms with Crippen molar-refractivity contribution in [1.82, 2.24) is 4.90 Å². The highest BCUT2D eigenvalue weighted by molar-refractivity contribution is 5.81. The van der Waals surface area contributed by atoms with Crippen molar-refractivity contribution in [1.29, 1.82) is 0 Å². The van der Waals surface area contributed by atoms with E-state index in [1.54, 1.807) is 0 Å². The average Bonchev–Trinajstić information content (AvgIpc) is 2.28. The van der Waals surface area contributed by atoms with E-state index >= 15 is 0 Å². The van der Waals surface area contributed by atoms with Crippen LogP contribution in [0.1, 0.15) is 32.1 Å². The number of carbonyl (C=O) groups is 1. The van der Waals surface area contributed by atoms with E-state index in [4.69, 9.17) is 4.74 Å². The van der Waals surface area contributed by atoms with Crippen LogP contribution in [-0.2, 0) is 9.53 Å². The summed E-state index contributed by atoms with van der Waals surface area (Å²) >= 11 is 0. The largest absolute Gasteiger partial charge is 0.378 e. The van der Waals surface area contributed by atoms with Crippen molar-refractivity contribution < 1.29 is 9.53 Å². The number of ketones is 1. The zero-order valence-electron chi connectivity index (χ0n) is 10.7. The van der Waals surface area contributed by atoms with Crippen molar-refractivity contribution in [3.63, 3.8) is 0 Å². The Morgan fingerprint density at radius 1 is 1.41 bits per heavy atom. The number of morpholine rings is 1. The van der Waals surface area contributed by atoms with Gasteiger partial charge >= 0.3 is 0 Å². The van der Waals surface area contributed by atoms with Crippen LogP contribution in [0.2, 0.25) is 0 Å². The second-order valence-corrected chi connectivity index (χ2v) is 5.33. The van der Waals surface area contributed by atoms with E-state index in [0.717, 1.165) is 45.3 Å². The van der Waals surface area contributed by atoms with Gasteiger partial charge in [-0.05, 0) is 32.7 Å². The Morgan fingerprint density at radius 2 is 2.06 bits per heavy atom. The summed E-state index contributed by atoms with van der Waals surface area (Å²) in [5.41, 5.74) is 0. The summed E-state index contributed by atoms with van der Waals surface area (Å²) in [6.07, 6.45) is 6.50. The number of unbranched alkanes of at least 4 members (excludes halogenated alkanes) is 1. The maximum atomic E-state index is 12.1. The Bertz CT molecular complexity index is 276. The van der Waals surface area contributed by atoms with Gasteiger partial charge in [-0.1, -0.05) is 6.08 Å². The molecule has 0 N–H and O–H groups in total. The maximum Gasteiger partial charge on any atom is 0.136 e. The Morgan fingerprint density at radius 3 is 2.65 bits per heavy atom. The first-order valence-electron chi connectivity index (χ1n) is 6.65. The molecule has 2 bridgehead atoms. The van der Waals surface area contributed by atoms with Crippen LogP contribution in [0.25, 0.3) is 0 Å². The zero-order valence-corrected chi connectivity index (χ0v) is 10.7. The van der Waals surface area contributed by atoms with Crippen molar-refractivity contribution in [2.45, 2.75) is 44.2 Å². The van der Waals surface area contributed by atoms with Gasteiger partial charge in [0, 0.05) is 24.4 Å². The number of rotatable bonds is 5. The Hall–Kier alpha value is -0.670. The van der Waals surface area contributed by atoms with E-state index in [0.29, 0.717) is 17.9 Å². The quantitative estimate of drug-likeness (QED) is 0.541. The van der Waals surface area contributed by atoms with Crippen molar-refractivity contribution in [3.8, 4) is 0 Å². The lowest BCUT2D eigenvalue weighted by Crippen LogP contribution is -2.55. The van der Waals surface area contributed by atoms with E-state index in [-0.39, 0.29) is 5.92 Å². The topological polar surface area (TPSA) is 29.5 Å². The molecule has 2 saturated heterocycles. The Labute approximate surface area is 104 Å². The molecule has 0 aliphatic carbocycles. The summed E-state index contributed by atoms with van der Waals surface area (Å²) < 4.78 is 5.57. The van der Waals surface area contributed by atoms with Crippen molar-refractivity contribution in [3.05, 3.63) is 12.7 Å². The van der Waals surface area contributed by atoms with Gasteiger partial charge < -0.3 is 4.74 Å². The van der Waals surface area contributed by atoms with Crippen LogP contribution >= 0.6 is 0 Å². The summed E-state index contributed by atoms with van der Waals surface area (Å²) in [5.74, 6) is 0.728. The number of Topliss-reactive ketones (excluding diaryl/α,β-unsaturated/α-hetero) is 1. The number of piperidine rings is 1. The average molecular weight is 237 g/mol. The summed E-state index contributed by atoms with van der Waals surface area (Å²) in [6, 6.07) is 0.909. The van der Waals surface area contributed by atoms with Crippen LogP contribution in [0.15, 0.2) is 12.7 Å². The fourth-order valence-electron chi connectivity index (χ4n) is 2.98. The van der Waals surface area contributed by atoms with Gasteiger partial charge in [0.25, 0.3) is 0 Å². The predicted octanol–water partition coefficient (Wildman–Crippen LogP) is 2.02. The fraction of sp³-hybridized carbons (Fsp3) is 0.786. The highest BCUT2D eigenvalue weighted by atomic mass is 16.5. The molecule has 17 heavy (non-hydrogen) atoms. The molecule has 0 spiro atoms. The van der Waals surface area contributed by atoms with Gasteiger partial charge in [0.05, 0.1) is 13.2 Å². The van der Waals surface area contributed by atoms with Crippen molar-refractivity contribution in [2.75, 3.05) is 20.3 Å². The van der Waals surface area contributed by atoms with E-state index in [1.807, 2.05) is 6.08 Å². The maximum absolute atomic E-state index is 12.1.